The molecule has 0 amide bonds. The molecule has 0 aliphatic carbocycles. The number of rotatable bonds is 2. The van der Waals surface area contributed by atoms with E-state index in [9.17, 15) is 26.3 Å². The minimum atomic E-state index is -4.56. The minimum absolute atomic E-state index is 0.0225. The number of nitrogens with zero attached hydrogens (tertiary/aromatic N) is 4. The molecule has 1 N–H and O–H groups in total. The molecule has 0 radical (unpaired) electrons. The van der Waals surface area contributed by atoms with Gasteiger partial charge in [0, 0.05) is 18.8 Å². The summed E-state index contributed by atoms with van der Waals surface area (Å²) in [5.41, 5.74) is -0.937. The van der Waals surface area contributed by atoms with Crippen LogP contribution in [0.15, 0.2) is 42.7 Å². The lowest BCUT2D eigenvalue weighted by molar-refractivity contribution is -0.138. The summed E-state index contributed by atoms with van der Waals surface area (Å²) in [4.78, 5) is 14.9. The number of alkyl halides is 6. The van der Waals surface area contributed by atoms with Crippen LogP contribution in [0.3, 0.4) is 0 Å². The number of aryl methyl sites for hydroxylation is 1. The van der Waals surface area contributed by atoms with Crippen LogP contribution in [0.1, 0.15) is 11.1 Å². The molecule has 11 heteroatoms. The third-order valence-electron chi connectivity index (χ3n) is 4.32. The van der Waals surface area contributed by atoms with E-state index in [0.717, 1.165) is 18.2 Å². The number of aromatic amines is 1. The second kappa shape index (κ2) is 6.33. The van der Waals surface area contributed by atoms with Crippen LogP contribution in [0.5, 0.6) is 0 Å². The van der Waals surface area contributed by atoms with Crippen LogP contribution in [-0.4, -0.2) is 24.5 Å². The van der Waals surface area contributed by atoms with Gasteiger partial charge in [0.1, 0.15) is 5.52 Å². The molecule has 0 bridgehead atoms. The summed E-state index contributed by atoms with van der Waals surface area (Å²) in [6, 6.07) is 5.57. The molecule has 4 rings (SSSR count). The Morgan fingerprint density at radius 1 is 0.897 bits per heavy atom. The topological polar surface area (TPSA) is 59.4 Å². The zero-order valence-electron chi connectivity index (χ0n) is 14.6. The van der Waals surface area contributed by atoms with E-state index in [0.29, 0.717) is 11.9 Å². The van der Waals surface area contributed by atoms with Gasteiger partial charge in [0.25, 0.3) is 0 Å². The molecular formula is C18H11F6N5. The number of fused-ring (bicyclic) bond motifs is 1. The maximum absolute atomic E-state index is 12.9. The predicted octanol–water partition coefficient (Wildman–Crippen LogP) is 5.06. The van der Waals surface area contributed by atoms with Crippen LogP contribution in [-0.2, 0) is 19.4 Å². The van der Waals surface area contributed by atoms with Gasteiger partial charge >= 0.3 is 12.4 Å². The molecule has 0 aliphatic rings. The van der Waals surface area contributed by atoms with E-state index in [2.05, 4.69) is 19.9 Å². The van der Waals surface area contributed by atoms with Crippen LogP contribution >= 0.6 is 0 Å². The van der Waals surface area contributed by atoms with E-state index in [1.807, 2.05) is 0 Å². The second-order valence-electron chi connectivity index (χ2n) is 6.28. The highest BCUT2D eigenvalue weighted by Gasteiger charge is 2.32. The van der Waals surface area contributed by atoms with Crippen molar-refractivity contribution in [2.24, 2.45) is 7.05 Å². The molecule has 3 heterocycles. The lowest BCUT2D eigenvalue weighted by atomic mass is 10.1. The van der Waals surface area contributed by atoms with Crippen molar-refractivity contribution < 1.29 is 26.3 Å². The summed E-state index contributed by atoms with van der Waals surface area (Å²) in [6.45, 7) is 0. The van der Waals surface area contributed by atoms with Crippen molar-refractivity contribution >= 4 is 11.2 Å². The molecule has 5 nitrogen and oxygen atoms in total. The average molecular weight is 411 g/mol. The normalized spacial score (nSPS) is 12.7. The second-order valence-corrected chi connectivity index (χ2v) is 6.28. The van der Waals surface area contributed by atoms with Gasteiger partial charge in [-0.05, 0) is 18.2 Å². The van der Waals surface area contributed by atoms with Gasteiger partial charge in [0.2, 0.25) is 0 Å². The highest BCUT2D eigenvalue weighted by atomic mass is 19.4. The van der Waals surface area contributed by atoms with Gasteiger partial charge in [0.05, 0.1) is 23.0 Å². The number of aromatic nitrogens is 5. The molecule has 1 aromatic carbocycles. The zero-order chi connectivity index (χ0) is 21.0. The Morgan fingerprint density at radius 2 is 1.62 bits per heavy atom. The summed E-state index contributed by atoms with van der Waals surface area (Å²) in [5.74, 6) is 0.386. The number of benzene rings is 1. The maximum atomic E-state index is 12.9. The van der Waals surface area contributed by atoms with Gasteiger partial charge in [-0.15, -0.1) is 0 Å². The van der Waals surface area contributed by atoms with E-state index in [-0.39, 0.29) is 28.4 Å². The van der Waals surface area contributed by atoms with Crippen molar-refractivity contribution in [3.63, 3.8) is 0 Å². The maximum Gasteiger partial charge on any atom is 0.417 e. The molecule has 0 spiro atoms. The molecule has 4 aromatic rings. The average Bonchev–Trinajstić information content (AvgIpc) is 3.25. The lowest BCUT2D eigenvalue weighted by Crippen LogP contribution is -2.05. The summed E-state index contributed by atoms with van der Waals surface area (Å²) < 4.78 is 78.8. The highest BCUT2D eigenvalue weighted by Crippen LogP contribution is 2.33. The van der Waals surface area contributed by atoms with Crippen LogP contribution < -0.4 is 0 Å². The Morgan fingerprint density at radius 3 is 2.31 bits per heavy atom. The van der Waals surface area contributed by atoms with Crippen LogP contribution in [0.2, 0.25) is 0 Å². The Kier molecular flexibility index (Phi) is 4.14. The minimum Gasteiger partial charge on any atom is -0.335 e. The fraction of sp³-hybridized carbons (Fsp3) is 0.167. The predicted molar refractivity (Wildman–Crippen MR) is 91.5 cm³/mol. The van der Waals surface area contributed by atoms with Crippen molar-refractivity contribution in [3.05, 3.63) is 53.9 Å². The molecule has 3 aromatic heterocycles. The van der Waals surface area contributed by atoms with Crippen molar-refractivity contribution in [3.8, 4) is 22.9 Å². The third kappa shape index (κ3) is 3.43. The van der Waals surface area contributed by atoms with Gasteiger partial charge in [0.15, 0.2) is 17.3 Å². The molecule has 0 saturated carbocycles. The quantitative estimate of drug-likeness (QED) is 0.469. The molecular weight excluding hydrogens is 400 g/mol. The van der Waals surface area contributed by atoms with Gasteiger partial charge in [-0.2, -0.15) is 26.3 Å². The van der Waals surface area contributed by atoms with Crippen molar-refractivity contribution in [1.82, 2.24) is 24.5 Å². The number of halogens is 6. The first-order chi connectivity index (χ1) is 13.5. The number of H-pyrrole nitrogens is 1. The molecule has 0 fully saturated rings. The summed E-state index contributed by atoms with van der Waals surface area (Å²) in [6.07, 6.45) is -7.00. The van der Waals surface area contributed by atoms with Crippen LogP contribution in [0.25, 0.3) is 34.1 Å². The van der Waals surface area contributed by atoms with Crippen LogP contribution in [0.4, 0.5) is 26.3 Å². The Hall–Kier alpha value is -3.37. The number of imidazole rings is 2. The van der Waals surface area contributed by atoms with Gasteiger partial charge in [-0.3, -0.25) is 0 Å². The van der Waals surface area contributed by atoms with E-state index >= 15 is 0 Å². The SMILES string of the molecule is Cn1c(-c2ncc(-c3cccc(C(F)(F)F)c3)[nH]2)nc2cc(C(F)(F)F)cnc21. The van der Waals surface area contributed by atoms with E-state index in [1.54, 1.807) is 7.05 Å². The van der Waals surface area contributed by atoms with E-state index in [1.165, 1.54) is 22.9 Å². The van der Waals surface area contributed by atoms with Crippen molar-refractivity contribution in [2.75, 3.05) is 0 Å². The lowest BCUT2D eigenvalue weighted by Gasteiger charge is -2.07. The fourth-order valence-corrected chi connectivity index (χ4v) is 2.89. The largest absolute Gasteiger partial charge is 0.417 e. The first kappa shape index (κ1) is 19.0. The molecule has 29 heavy (non-hydrogen) atoms. The summed E-state index contributed by atoms with van der Waals surface area (Å²) in [5, 5.41) is 0. The Balaban J connectivity index is 1.75. The standard InChI is InChI=1S/C18H11F6N5/c1-29-15-12(6-11(7-26-15)18(22,23)24)28-16(29)14-25-8-13(27-14)9-3-2-4-10(5-9)17(19,20)21/h2-8H,1H3,(H,25,27). The smallest absolute Gasteiger partial charge is 0.335 e. The van der Waals surface area contributed by atoms with E-state index < -0.39 is 23.5 Å². The van der Waals surface area contributed by atoms with Gasteiger partial charge < -0.3 is 9.55 Å². The summed E-state index contributed by atoms with van der Waals surface area (Å²) >= 11 is 0. The third-order valence-corrected chi connectivity index (χ3v) is 4.32. The number of nitrogens with one attached hydrogen (secondary N) is 1. The molecule has 0 saturated heterocycles. The molecule has 150 valence electrons. The van der Waals surface area contributed by atoms with Crippen LogP contribution in [0, 0.1) is 0 Å². The Bertz CT molecular complexity index is 1200. The summed E-state index contributed by atoms with van der Waals surface area (Å²) in [7, 11) is 1.55. The zero-order valence-corrected chi connectivity index (χ0v) is 14.6. The first-order valence-corrected chi connectivity index (χ1v) is 8.17. The van der Waals surface area contributed by atoms with Crippen molar-refractivity contribution in [1.29, 1.82) is 0 Å². The molecule has 0 atom stereocenters. The van der Waals surface area contributed by atoms with Crippen molar-refractivity contribution in [2.45, 2.75) is 12.4 Å². The van der Waals surface area contributed by atoms with E-state index in [4.69, 9.17) is 0 Å². The molecule has 0 aliphatic heterocycles. The highest BCUT2D eigenvalue weighted by molar-refractivity contribution is 5.76. The number of pyridine rings is 1. The monoisotopic (exact) mass is 411 g/mol. The van der Waals surface area contributed by atoms with Gasteiger partial charge in [-0.1, -0.05) is 12.1 Å². The Labute approximate surface area is 159 Å². The number of hydrogen-bond donors (Lipinski definition) is 1. The first-order valence-electron chi connectivity index (χ1n) is 8.17. The number of hydrogen-bond acceptors (Lipinski definition) is 3. The molecule has 0 unspecified atom stereocenters. The van der Waals surface area contributed by atoms with Gasteiger partial charge in [-0.25, -0.2) is 15.0 Å². The fourth-order valence-electron chi connectivity index (χ4n) is 2.89.